The number of fused-ring (bicyclic) bond motifs is 3. The molecule has 3 fully saturated rings. The van der Waals surface area contributed by atoms with E-state index in [0.717, 1.165) is 19.4 Å². The normalized spacial score (nSPS) is 21.6. The van der Waals surface area contributed by atoms with E-state index in [1.165, 1.54) is 18.3 Å². The monoisotopic (exact) mass is 733 g/mol. The van der Waals surface area contributed by atoms with Crippen molar-refractivity contribution in [3.05, 3.63) is 83.6 Å². The lowest BCUT2D eigenvalue weighted by Crippen LogP contribution is -2.55. The average molecular weight is 734 g/mol. The summed E-state index contributed by atoms with van der Waals surface area (Å²) in [6.07, 6.45) is 7.33. The molecule has 6 heterocycles. The highest BCUT2D eigenvalue weighted by Crippen LogP contribution is 2.41. The van der Waals surface area contributed by atoms with Crippen LogP contribution in [0.15, 0.2) is 54.9 Å². The van der Waals surface area contributed by atoms with Gasteiger partial charge in [0, 0.05) is 56.6 Å². The molecule has 0 spiro atoms. The van der Waals surface area contributed by atoms with E-state index >= 15 is 4.39 Å². The van der Waals surface area contributed by atoms with Gasteiger partial charge in [-0.2, -0.15) is 15.2 Å². The lowest BCUT2D eigenvalue weighted by atomic mass is 9.95. The van der Waals surface area contributed by atoms with E-state index in [4.69, 9.17) is 9.72 Å². The minimum atomic E-state index is -0.957. The number of aromatic nitrogens is 5. The second-order valence-corrected chi connectivity index (χ2v) is 14.3. The number of alkyl halides is 1. The molecule has 0 aliphatic carbocycles. The van der Waals surface area contributed by atoms with Crippen LogP contribution in [0.4, 0.5) is 19.0 Å². The van der Waals surface area contributed by atoms with Gasteiger partial charge in [0.25, 0.3) is 0 Å². The lowest BCUT2D eigenvalue weighted by molar-refractivity contribution is -0.128. The zero-order chi connectivity index (χ0) is 37.6. The van der Waals surface area contributed by atoms with Gasteiger partial charge in [-0.25, -0.2) is 23.1 Å². The Morgan fingerprint density at radius 3 is 2.74 bits per heavy atom. The van der Waals surface area contributed by atoms with E-state index in [9.17, 15) is 18.8 Å². The Kier molecular flexibility index (Phi) is 9.35. The number of benzene rings is 2. The summed E-state index contributed by atoms with van der Waals surface area (Å²) in [5.41, 5.74) is 1.04. The number of carbonyl (C=O) groups excluding carboxylic acids is 1. The minimum Gasteiger partial charge on any atom is -0.461 e. The number of piperazine rings is 1. The third-order valence-corrected chi connectivity index (χ3v) is 11.0. The Hall–Kier alpha value is -5.68. The fourth-order valence-corrected chi connectivity index (χ4v) is 8.29. The second kappa shape index (κ2) is 14.3. The van der Waals surface area contributed by atoms with Gasteiger partial charge in [-0.3, -0.25) is 14.7 Å². The van der Waals surface area contributed by atoms with Crippen LogP contribution in [0.5, 0.6) is 6.01 Å². The van der Waals surface area contributed by atoms with Crippen molar-refractivity contribution in [2.45, 2.75) is 57.3 Å². The van der Waals surface area contributed by atoms with Crippen LogP contribution in [0.1, 0.15) is 42.8 Å². The Bertz CT molecular complexity index is 2350. The zero-order valence-electron chi connectivity index (χ0n) is 30.0. The van der Waals surface area contributed by atoms with Crippen LogP contribution >= 0.6 is 0 Å². The summed E-state index contributed by atoms with van der Waals surface area (Å²) in [5, 5.41) is 11.4. The van der Waals surface area contributed by atoms with Crippen LogP contribution in [0.25, 0.3) is 39.0 Å². The molecule has 1 amide bonds. The van der Waals surface area contributed by atoms with Gasteiger partial charge in [0.15, 0.2) is 5.82 Å². The molecule has 0 N–H and O–H groups in total. The summed E-state index contributed by atoms with van der Waals surface area (Å²) in [7, 11) is 0. The van der Waals surface area contributed by atoms with Crippen LogP contribution in [-0.2, 0) is 4.79 Å². The molecule has 3 aliphatic rings. The number of hydrogen-bond acceptors (Lipinski definition) is 10. The fraction of sp³-hybridized carbons (Fsp3) is 0.375. The summed E-state index contributed by atoms with van der Waals surface area (Å²) in [6.45, 7) is 5.52. The Morgan fingerprint density at radius 2 is 1.91 bits per heavy atom. The summed E-state index contributed by atoms with van der Waals surface area (Å²) >= 11 is 0. The molecule has 5 aromatic rings. The number of carbonyl (C=O) groups is 1. The SMILES string of the molecule is Cc1nccc(/C=C/C(=O)N2CCN(c3nc(OC[C@@]45CCCN4C[C@H](F)C5)nc4c(F)c(-c5cccc6c(C)c(F)ccc56)ncc34)C[C@@H]2CC#N)n1. The van der Waals surface area contributed by atoms with Crippen LogP contribution in [0.3, 0.4) is 0 Å². The molecular weight excluding hydrogens is 695 g/mol. The van der Waals surface area contributed by atoms with Crippen LogP contribution in [0, 0.1) is 36.8 Å². The molecule has 2 aromatic carbocycles. The highest BCUT2D eigenvalue weighted by atomic mass is 19.1. The number of ether oxygens (including phenoxy) is 1. The van der Waals surface area contributed by atoms with E-state index in [1.807, 2.05) is 4.90 Å². The van der Waals surface area contributed by atoms with Crippen LogP contribution in [0.2, 0.25) is 0 Å². The van der Waals surface area contributed by atoms with Crippen LogP contribution in [-0.4, -0.2) is 97.7 Å². The predicted octanol–water partition coefficient (Wildman–Crippen LogP) is 6.13. The predicted molar refractivity (Wildman–Crippen MR) is 197 cm³/mol. The van der Waals surface area contributed by atoms with Crippen molar-refractivity contribution in [1.82, 2.24) is 34.7 Å². The molecule has 0 bridgehead atoms. The first kappa shape index (κ1) is 35.4. The van der Waals surface area contributed by atoms with Crippen molar-refractivity contribution in [3.63, 3.8) is 0 Å². The zero-order valence-corrected chi connectivity index (χ0v) is 30.0. The second-order valence-electron chi connectivity index (χ2n) is 14.3. The van der Waals surface area contributed by atoms with E-state index < -0.39 is 23.6 Å². The van der Waals surface area contributed by atoms with Crippen molar-refractivity contribution in [3.8, 4) is 23.3 Å². The fourth-order valence-electron chi connectivity index (χ4n) is 8.29. The highest BCUT2D eigenvalue weighted by Gasteiger charge is 2.49. The Labute approximate surface area is 310 Å². The number of amides is 1. The lowest BCUT2D eigenvalue weighted by Gasteiger charge is -2.41. The maximum atomic E-state index is 16.9. The summed E-state index contributed by atoms with van der Waals surface area (Å²) in [4.78, 5) is 41.5. The number of aryl methyl sites for hydroxylation is 2. The summed E-state index contributed by atoms with van der Waals surface area (Å²) in [5.74, 6) is -0.402. The van der Waals surface area contributed by atoms with Gasteiger partial charge in [-0.1, -0.05) is 24.3 Å². The average Bonchev–Trinajstić information content (AvgIpc) is 3.70. The van der Waals surface area contributed by atoms with E-state index in [1.54, 1.807) is 61.4 Å². The number of nitrogens with zero attached hydrogens (tertiary/aromatic N) is 9. The van der Waals surface area contributed by atoms with Crippen molar-refractivity contribution in [2.75, 3.05) is 44.2 Å². The van der Waals surface area contributed by atoms with E-state index in [2.05, 4.69) is 30.9 Å². The van der Waals surface area contributed by atoms with Gasteiger partial charge >= 0.3 is 6.01 Å². The number of hydrogen-bond donors (Lipinski definition) is 0. The maximum absolute atomic E-state index is 16.9. The summed E-state index contributed by atoms with van der Waals surface area (Å²) < 4.78 is 52.3. The van der Waals surface area contributed by atoms with Gasteiger partial charge in [0.1, 0.15) is 41.4 Å². The molecule has 3 saturated heterocycles. The summed E-state index contributed by atoms with van der Waals surface area (Å²) in [6, 6.07) is 11.6. The van der Waals surface area contributed by atoms with Gasteiger partial charge in [0.2, 0.25) is 5.91 Å². The highest BCUT2D eigenvalue weighted by molar-refractivity contribution is 6.00. The van der Waals surface area contributed by atoms with Gasteiger partial charge < -0.3 is 14.5 Å². The third kappa shape index (κ3) is 6.46. The van der Waals surface area contributed by atoms with Crippen molar-refractivity contribution < 1.29 is 22.7 Å². The quantitative estimate of drug-likeness (QED) is 0.172. The largest absolute Gasteiger partial charge is 0.461 e. The topological polar surface area (TPSA) is 124 Å². The smallest absolute Gasteiger partial charge is 0.319 e. The number of anilines is 1. The van der Waals surface area contributed by atoms with Crippen molar-refractivity contribution in [2.24, 2.45) is 0 Å². The number of rotatable bonds is 8. The van der Waals surface area contributed by atoms with Gasteiger partial charge in [0.05, 0.1) is 35.2 Å². The molecule has 3 aliphatic heterocycles. The molecule has 0 saturated carbocycles. The first-order valence-electron chi connectivity index (χ1n) is 18.1. The van der Waals surface area contributed by atoms with Gasteiger partial charge in [-0.05, 0) is 67.8 Å². The van der Waals surface area contributed by atoms with Crippen LogP contribution < -0.4 is 9.64 Å². The first-order chi connectivity index (χ1) is 26.1. The van der Waals surface area contributed by atoms with Crippen molar-refractivity contribution in [1.29, 1.82) is 5.26 Å². The molecule has 54 heavy (non-hydrogen) atoms. The molecule has 0 unspecified atom stereocenters. The molecule has 8 rings (SSSR count). The van der Waals surface area contributed by atoms with E-state index in [0.29, 0.717) is 64.1 Å². The Morgan fingerprint density at radius 1 is 1.04 bits per heavy atom. The Balaban J connectivity index is 1.17. The molecule has 0 radical (unpaired) electrons. The van der Waals surface area contributed by atoms with E-state index in [-0.39, 0.29) is 55.1 Å². The van der Waals surface area contributed by atoms with Crippen molar-refractivity contribution >= 4 is 39.5 Å². The molecular formula is C40H38F3N9O2. The molecule has 3 atom stereocenters. The molecule has 14 heteroatoms. The standard InChI is InChI=1S/C40H38F3N9O2/c1-24-29-5-3-6-31(30(29)8-9-33(24)42)36-35(43)37-32(20-46-36)38(49-39(48-37)54-23-40-13-4-16-51(40)21-26(41)19-40)50-17-18-52(28(22-50)11-14-44)34(53)10-7-27-12-15-45-25(2)47-27/h3,5-10,12,15,20,26,28H,4,11,13,16-19,21-23H2,1-2H3/b10-7+/t26-,28+,40+/m1/s1. The third-order valence-electron chi connectivity index (χ3n) is 11.0. The first-order valence-corrected chi connectivity index (χ1v) is 18.1. The minimum absolute atomic E-state index is 0.0233. The number of halogens is 3. The molecule has 11 nitrogen and oxygen atoms in total. The molecule has 3 aromatic heterocycles. The molecule has 276 valence electrons. The number of pyridine rings is 1. The van der Waals surface area contributed by atoms with Gasteiger partial charge in [-0.15, -0.1) is 0 Å². The maximum Gasteiger partial charge on any atom is 0.319 e. The number of nitriles is 1.